The molecule has 0 fully saturated rings. The van der Waals surface area contributed by atoms with Crippen molar-refractivity contribution in [2.45, 2.75) is 13.0 Å². The molecule has 0 aromatic heterocycles. The number of nitrogen functional groups attached to an aromatic ring is 1. The van der Waals surface area contributed by atoms with Crippen molar-refractivity contribution in [2.24, 2.45) is 0 Å². The number of ether oxygens (including phenoxy) is 3. The fourth-order valence-electron chi connectivity index (χ4n) is 1.18. The quantitative estimate of drug-likeness (QED) is 0.622. The van der Waals surface area contributed by atoms with E-state index in [0.29, 0.717) is 23.6 Å². The second-order valence-corrected chi connectivity index (χ2v) is 3.60. The van der Waals surface area contributed by atoms with Crippen molar-refractivity contribution in [3.05, 3.63) is 23.8 Å². The smallest absolute Gasteiger partial charge is 0.337 e. The molecule has 5 heteroatoms. The zero-order valence-corrected chi connectivity index (χ0v) is 10.2. The van der Waals surface area contributed by atoms with Gasteiger partial charge >= 0.3 is 5.97 Å². The van der Waals surface area contributed by atoms with Gasteiger partial charge in [-0.15, -0.1) is 0 Å². The molecule has 0 bridgehead atoms. The Bertz CT molecular complexity index is 392. The molecular formula is C12H17NO4. The number of carbonyl (C=O) groups is 1. The zero-order chi connectivity index (χ0) is 12.8. The summed E-state index contributed by atoms with van der Waals surface area (Å²) in [5, 5.41) is 0. The van der Waals surface area contributed by atoms with E-state index < -0.39 is 5.97 Å². The Labute approximate surface area is 100 Å². The minimum atomic E-state index is -0.422. The van der Waals surface area contributed by atoms with Crippen LogP contribution >= 0.6 is 0 Å². The van der Waals surface area contributed by atoms with Crippen molar-refractivity contribution in [3.63, 3.8) is 0 Å². The highest BCUT2D eigenvalue weighted by atomic mass is 16.5. The fraction of sp³-hybridized carbons (Fsp3) is 0.417. The summed E-state index contributed by atoms with van der Waals surface area (Å²) in [6.45, 7) is 2.24. The molecule has 5 nitrogen and oxygen atoms in total. The Morgan fingerprint density at radius 3 is 2.71 bits per heavy atom. The van der Waals surface area contributed by atoms with Gasteiger partial charge in [-0.2, -0.15) is 0 Å². The van der Waals surface area contributed by atoms with Crippen molar-refractivity contribution in [2.75, 3.05) is 26.6 Å². The largest absolute Gasteiger partial charge is 0.489 e. The van der Waals surface area contributed by atoms with Crippen LogP contribution in [0.15, 0.2) is 18.2 Å². The molecular weight excluding hydrogens is 222 g/mol. The van der Waals surface area contributed by atoms with Gasteiger partial charge in [-0.25, -0.2) is 4.79 Å². The second kappa shape index (κ2) is 6.10. The van der Waals surface area contributed by atoms with Gasteiger partial charge in [-0.05, 0) is 25.1 Å². The molecule has 0 saturated carbocycles. The summed E-state index contributed by atoms with van der Waals surface area (Å²) in [4.78, 5) is 11.3. The van der Waals surface area contributed by atoms with Gasteiger partial charge < -0.3 is 19.9 Å². The summed E-state index contributed by atoms with van der Waals surface area (Å²) >= 11 is 0. The highest BCUT2D eigenvalue weighted by Crippen LogP contribution is 2.23. The van der Waals surface area contributed by atoms with Gasteiger partial charge in [0.2, 0.25) is 0 Å². The number of methoxy groups -OCH3 is 2. The lowest BCUT2D eigenvalue weighted by molar-refractivity contribution is 0.0598. The Morgan fingerprint density at radius 1 is 1.41 bits per heavy atom. The molecule has 1 atom stereocenters. The summed E-state index contributed by atoms with van der Waals surface area (Å²) in [7, 11) is 2.93. The molecule has 0 aliphatic heterocycles. The van der Waals surface area contributed by atoms with E-state index in [1.165, 1.54) is 7.11 Å². The van der Waals surface area contributed by atoms with E-state index in [1.54, 1.807) is 25.3 Å². The van der Waals surface area contributed by atoms with Crippen LogP contribution in [0.2, 0.25) is 0 Å². The molecule has 17 heavy (non-hydrogen) atoms. The number of hydrogen-bond acceptors (Lipinski definition) is 5. The van der Waals surface area contributed by atoms with E-state index in [2.05, 4.69) is 4.74 Å². The van der Waals surface area contributed by atoms with E-state index in [9.17, 15) is 4.79 Å². The molecule has 0 spiro atoms. The third-order valence-corrected chi connectivity index (χ3v) is 2.31. The fourth-order valence-corrected chi connectivity index (χ4v) is 1.18. The lowest BCUT2D eigenvalue weighted by Gasteiger charge is -2.13. The number of hydrogen-bond donors (Lipinski definition) is 1. The average Bonchev–Trinajstić information content (AvgIpc) is 2.36. The Hall–Kier alpha value is -1.75. The van der Waals surface area contributed by atoms with Crippen molar-refractivity contribution in [1.29, 1.82) is 0 Å². The van der Waals surface area contributed by atoms with E-state index in [4.69, 9.17) is 15.2 Å². The molecule has 0 aliphatic rings. The number of esters is 1. The van der Waals surface area contributed by atoms with Crippen LogP contribution in [0.4, 0.5) is 5.69 Å². The van der Waals surface area contributed by atoms with Crippen molar-refractivity contribution in [3.8, 4) is 5.75 Å². The number of benzene rings is 1. The number of carbonyl (C=O) groups excluding carboxylic acids is 1. The van der Waals surface area contributed by atoms with Crippen LogP contribution in [0.5, 0.6) is 5.75 Å². The van der Waals surface area contributed by atoms with E-state index in [0.717, 1.165) is 0 Å². The second-order valence-electron chi connectivity index (χ2n) is 3.60. The predicted octanol–water partition coefficient (Wildman–Crippen LogP) is 1.47. The first kappa shape index (κ1) is 13.3. The first-order valence-corrected chi connectivity index (χ1v) is 5.22. The molecule has 1 unspecified atom stereocenters. The molecule has 2 N–H and O–H groups in total. The molecule has 94 valence electrons. The third-order valence-electron chi connectivity index (χ3n) is 2.31. The van der Waals surface area contributed by atoms with Crippen LogP contribution in [-0.4, -0.2) is 32.9 Å². The van der Waals surface area contributed by atoms with Crippen LogP contribution in [-0.2, 0) is 9.47 Å². The van der Waals surface area contributed by atoms with Crippen LogP contribution in [0.25, 0.3) is 0 Å². The lowest BCUT2D eigenvalue weighted by atomic mass is 10.2. The van der Waals surface area contributed by atoms with Crippen molar-refractivity contribution < 1.29 is 19.0 Å². The first-order chi connectivity index (χ1) is 8.08. The maximum Gasteiger partial charge on any atom is 0.337 e. The maximum absolute atomic E-state index is 11.3. The Kier molecular flexibility index (Phi) is 4.78. The van der Waals surface area contributed by atoms with Gasteiger partial charge in [0.25, 0.3) is 0 Å². The van der Waals surface area contributed by atoms with Crippen LogP contribution in [0.1, 0.15) is 17.3 Å². The van der Waals surface area contributed by atoms with Gasteiger partial charge in [-0.3, -0.25) is 0 Å². The highest BCUT2D eigenvalue weighted by Gasteiger charge is 2.10. The Morgan fingerprint density at radius 2 is 2.12 bits per heavy atom. The van der Waals surface area contributed by atoms with Crippen LogP contribution in [0, 0.1) is 0 Å². The standard InChI is InChI=1S/C12H17NO4/c1-8(15-2)7-17-11-6-9(12(14)16-3)4-5-10(11)13/h4-6,8H,7,13H2,1-3H3. The third kappa shape index (κ3) is 3.64. The summed E-state index contributed by atoms with van der Waals surface area (Å²) < 4.78 is 15.1. The van der Waals surface area contributed by atoms with Gasteiger partial charge in [0.1, 0.15) is 12.4 Å². The Balaban J connectivity index is 2.80. The van der Waals surface area contributed by atoms with Gasteiger partial charge in [0.05, 0.1) is 24.5 Å². The van der Waals surface area contributed by atoms with Gasteiger partial charge in [0, 0.05) is 7.11 Å². The summed E-state index contributed by atoms with van der Waals surface area (Å²) in [6, 6.07) is 4.76. The molecule has 0 aliphatic carbocycles. The van der Waals surface area contributed by atoms with Gasteiger partial charge in [0.15, 0.2) is 0 Å². The lowest BCUT2D eigenvalue weighted by Crippen LogP contribution is -2.16. The minimum absolute atomic E-state index is 0.0452. The molecule has 0 heterocycles. The monoisotopic (exact) mass is 239 g/mol. The molecule has 0 amide bonds. The first-order valence-electron chi connectivity index (χ1n) is 5.22. The normalized spacial score (nSPS) is 11.9. The molecule has 0 radical (unpaired) electrons. The van der Waals surface area contributed by atoms with Crippen molar-refractivity contribution >= 4 is 11.7 Å². The topological polar surface area (TPSA) is 70.8 Å². The van der Waals surface area contributed by atoms with Crippen LogP contribution < -0.4 is 10.5 Å². The molecule has 1 aromatic rings. The summed E-state index contributed by atoms with van der Waals surface area (Å²) in [5.74, 6) is 0.0337. The van der Waals surface area contributed by atoms with E-state index in [1.807, 2.05) is 6.92 Å². The maximum atomic E-state index is 11.3. The van der Waals surface area contributed by atoms with E-state index in [-0.39, 0.29) is 6.10 Å². The number of nitrogens with two attached hydrogens (primary N) is 1. The molecule has 1 rings (SSSR count). The predicted molar refractivity (Wildman–Crippen MR) is 64.2 cm³/mol. The van der Waals surface area contributed by atoms with Crippen LogP contribution in [0.3, 0.4) is 0 Å². The highest BCUT2D eigenvalue weighted by molar-refractivity contribution is 5.90. The summed E-state index contributed by atoms with van der Waals surface area (Å²) in [6.07, 6.45) is -0.0452. The SMILES string of the molecule is COC(=O)c1ccc(N)c(OCC(C)OC)c1. The zero-order valence-electron chi connectivity index (χ0n) is 10.2. The minimum Gasteiger partial charge on any atom is -0.489 e. The van der Waals surface area contributed by atoms with E-state index >= 15 is 0 Å². The summed E-state index contributed by atoms with van der Waals surface area (Å²) in [5.41, 5.74) is 6.62. The number of rotatable bonds is 5. The van der Waals surface area contributed by atoms with Gasteiger partial charge in [-0.1, -0.05) is 0 Å². The molecule has 0 saturated heterocycles. The molecule has 1 aromatic carbocycles. The number of anilines is 1. The average molecular weight is 239 g/mol. The van der Waals surface area contributed by atoms with Crippen molar-refractivity contribution in [1.82, 2.24) is 0 Å².